The molecule has 0 bridgehead atoms. The van der Waals surface area contributed by atoms with Gasteiger partial charge in [-0.2, -0.15) is 17.0 Å². The molecule has 0 radical (unpaired) electrons. The van der Waals surface area contributed by atoms with Crippen molar-refractivity contribution in [3.8, 4) is 6.07 Å². The summed E-state index contributed by atoms with van der Waals surface area (Å²) < 4.78 is 4.87. The van der Waals surface area contributed by atoms with Gasteiger partial charge in [0.05, 0.1) is 17.9 Å². The summed E-state index contributed by atoms with van der Waals surface area (Å²) in [4.78, 5) is 24.2. The van der Waals surface area contributed by atoms with E-state index in [9.17, 15) is 9.59 Å². The topological polar surface area (TPSA) is 95.1 Å². The average molecular weight is 343 g/mol. The molecule has 6 nitrogen and oxygen atoms in total. The van der Waals surface area contributed by atoms with Crippen LogP contribution in [0.25, 0.3) is 0 Å². The molecule has 0 aliphatic carbocycles. The molecule has 1 aromatic heterocycles. The molecule has 0 saturated carbocycles. The molecule has 2 rings (SSSR count). The van der Waals surface area contributed by atoms with Gasteiger partial charge in [-0.1, -0.05) is 30.3 Å². The Morgan fingerprint density at radius 2 is 2.04 bits per heavy atom. The van der Waals surface area contributed by atoms with Crippen molar-refractivity contribution in [1.82, 2.24) is 10.6 Å². The lowest BCUT2D eigenvalue weighted by atomic mass is 10.2. The third-order valence-electron chi connectivity index (χ3n) is 3.14. The third kappa shape index (κ3) is 5.48. The molecule has 124 valence electrons. The molecule has 0 spiro atoms. The number of nitriles is 1. The Kier molecular flexibility index (Phi) is 6.92. The summed E-state index contributed by atoms with van der Waals surface area (Å²) in [6.45, 7) is -0.0970. The summed E-state index contributed by atoms with van der Waals surface area (Å²) >= 11 is 1.53. The molecule has 7 heteroatoms. The number of amides is 2. The van der Waals surface area contributed by atoms with Crippen LogP contribution in [0.1, 0.15) is 15.9 Å². The van der Waals surface area contributed by atoms with Crippen LogP contribution in [0.15, 0.2) is 53.3 Å². The van der Waals surface area contributed by atoms with Crippen molar-refractivity contribution in [2.75, 3.05) is 12.3 Å². The van der Waals surface area contributed by atoms with Crippen molar-refractivity contribution >= 4 is 23.6 Å². The van der Waals surface area contributed by atoms with Gasteiger partial charge in [0.1, 0.15) is 18.8 Å². The normalized spacial score (nSPS) is 11.3. The average Bonchev–Trinajstić information content (AvgIpc) is 3.14. The Morgan fingerprint density at radius 3 is 2.71 bits per heavy atom. The van der Waals surface area contributed by atoms with Gasteiger partial charge in [0.25, 0.3) is 5.91 Å². The summed E-state index contributed by atoms with van der Waals surface area (Å²) in [5, 5.41) is 13.7. The number of furan rings is 1. The molecule has 1 heterocycles. The maximum Gasteiger partial charge on any atom is 0.255 e. The van der Waals surface area contributed by atoms with Gasteiger partial charge in [0.15, 0.2) is 0 Å². The molecule has 1 unspecified atom stereocenters. The zero-order chi connectivity index (χ0) is 17.2. The number of carbonyl (C=O) groups is 2. The zero-order valence-corrected chi connectivity index (χ0v) is 13.7. The first-order chi connectivity index (χ1) is 11.7. The van der Waals surface area contributed by atoms with Crippen LogP contribution in [-0.4, -0.2) is 30.2 Å². The Hall–Kier alpha value is -2.72. The highest BCUT2D eigenvalue weighted by Crippen LogP contribution is 2.13. The molecule has 0 aliphatic rings. The van der Waals surface area contributed by atoms with E-state index in [1.807, 2.05) is 36.4 Å². The number of hydrogen-bond donors (Lipinski definition) is 2. The van der Waals surface area contributed by atoms with E-state index in [4.69, 9.17) is 9.68 Å². The molecular formula is C17H17N3O3S. The number of nitrogens with zero attached hydrogens (tertiary/aromatic N) is 1. The minimum absolute atomic E-state index is 0.0970. The van der Waals surface area contributed by atoms with Crippen molar-refractivity contribution in [3.05, 3.63) is 60.1 Å². The summed E-state index contributed by atoms with van der Waals surface area (Å²) in [5.41, 5.74) is 1.49. The van der Waals surface area contributed by atoms with Crippen LogP contribution in [-0.2, 0) is 10.5 Å². The number of hydrogen-bond acceptors (Lipinski definition) is 5. The molecule has 0 saturated heterocycles. The van der Waals surface area contributed by atoms with Gasteiger partial charge in [-0.05, 0) is 11.6 Å². The van der Waals surface area contributed by atoms with E-state index in [0.717, 1.165) is 11.3 Å². The first-order valence-electron chi connectivity index (χ1n) is 7.30. The van der Waals surface area contributed by atoms with E-state index in [1.165, 1.54) is 30.4 Å². The molecule has 0 aliphatic heterocycles. The predicted molar refractivity (Wildman–Crippen MR) is 91.2 cm³/mol. The highest BCUT2D eigenvalue weighted by molar-refractivity contribution is 7.98. The van der Waals surface area contributed by atoms with Gasteiger partial charge >= 0.3 is 0 Å². The van der Waals surface area contributed by atoms with E-state index in [0.29, 0.717) is 11.3 Å². The van der Waals surface area contributed by atoms with Crippen LogP contribution in [0.3, 0.4) is 0 Å². The standard InChI is InChI=1S/C17H17N3O3S/c18-7-8-19-17(22)15(20-16(21)14-6-9-23-10-14)12-24-11-13-4-2-1-3-5-13/h1-6,9-10,15H,8,11-12H2,(H,19,22)(H,20,21). The molecule has 1 aromatic carbocycles. The fourth-order valence-corrected chi connectivity index (χ4v) is 2.95. The van der Waals surface area contributed by atoms with Crippen LogP contribution in [0, 0.1) is 11.3 Å². The monoisotopic (exact) mass is 343 g/mol. The van der Waals surface area contributed by atoms with Gasteiger partial charge in [0.2, 0.25) is 5.91 Å². The second-order valence-corrected chi connectivity index (χ2v) is 5.94. The molecule has 2 aromatic rings. The number of benzene rings is 1. The number of thioether (sulfide) groups is 1. The van der Waals surface area contributed by atoms with E-state index in [2.05, 4.69) is 10.6 Å². The van der Waals surface area contributed by atoms with Crippen molar-refractivity contribution in [2.24, 2.45) is 0 Å². The number of nitrogens with one attached hydrogen (secondary N) is 2. The second-order valence-electron chi connectivity index (χ2n) is 4.91. The minimum atomic E-state index is -0.727. The number of rotatable bonds is 8. The van der Waals surface area contributed by atoms with Crippen molar-refractivity contribution in [2.45, 2.75) is 11.8 Å². The summed E-state index contributed by atoms with van der Waals surface area (Å²) in [5.74, 6) is 0.357. The maximum atomic E-state index is 12.1. The summed E-state index contributed by atoms with van der Waals surface area (Å²) in [6.07, 6.45) is 2.71. The Morgan fingerprint density at radius 1 is 1.25 bits per heavy atom. The van der Waals surface area contributed by atoms with E-state index >= 15 is 0 Å². The number of carbonyl (C=O) groups excluding carboxylic acids is 2. The third-order valence-corrected chi connectivity index (χ3v) is 4.25. The van der Waals surface area contributed by atoms with Gasteiger partial charge in [-0.3, -0.25) is 9.59 Å². The highest BCUT2D eigenvalue weighted by Gasteiger charge is 2.21. The van der Waals surface area contributed by atoms with Crippen LogP contribution < -0.4 is 10.6 Å². The van der Waals surface area contributed by atoms with E-state index in [1.54, 1.807) is 0 Å². The van der Waals surface area contributed by atoms with Gasteiger partial charge < -0.3 is 15.1 Å². The highest BCUT2D eigenvalue weighted by atomic mass is 32.2. The smallest absolute Gasteiger partial charge is 0.255 e. The molecule has 24 heavy (non-hydrogen) atoms. The van der Waals surface area contributed by atoms with Gasteiger partial charge in [-0.15, -0.1) is 0 Å². The Bertz CT molecular complexity index is 696. The van der Waals surface area contributed by atoms with Crippen molar-refractivity contribution in [1.29, 1.82) is 5.26 Å². The minimum Gasteiger partial charge on any atom is -0.472 e. The SMILES string of the molecule is N#CCNC(=O)C(CSCc1ccccc1)NC(=O)c1ccoc1. The first-order valence-corrected chi connectivity index (χ1v) is 8.45. The first kappa shape index (κ1) is 17.6. The summed E-state index contributed by atoms with van der Waals surface area (Å²) in [7, 11) is 0. The molecule has 2 N–H and O–H groups in total. The van der Waals surface area contributed by atoms with E-state index in [-0.39, 0.29) is 18.4 Å². The molecular weight excluding hydrogens is 326 g/mol. The van der Waals surface area contributed by atoms with Gasteiger partial charge in [-0.25, -0.2) is 0 Å². The van der Waals surface area contributed by atoms with Crippen LogP contribution in [0.4, 0.5) is 0 Å². The van der Waals surface area contributed by atoms with Crippen molar-refractivity contribution in [3.63, 3.8) is 0 Å². The Balaban J connectivity index is 1.93. The lowest BCUT2D eigenvalue weighted by Crippen LogP contribution is -2.48. The molecule has 1 atom stereocenters. The lowest BCUT2D eigenvalue weighted by Gasteiger charge is -2.17. The van der Waals surface area contributed by atoms with E-state index < -0.39 is 6.04 Å². The van der Waals surface area contributed by atoms with Crippen LogP contribution >= 0.6 is 11.8 Å². The largest absolute Gasteiger partial charge is 0.472 e. The second kappa shape index (κ2) is 9.43. The maximum absolute atomic E-state index is 12.1. The zero-order valence-electron chi connectivity index (χ0n) is 12.9. The summed E-state index contributed by atoms with van der Waals surface area (Å²) in [6, 6.07) is 12.5. The fourth-order valence-electron chi connectivity index (χ4n) is 1.94. The molecule has 2 amide bonds. The van der Waals surface area contributed by atoms with Crippen molar-refractivity contribution < 1.29 is 14.0 Å². The van der Waals surface area contributed by atoms with Crippen LogP contribution in [0.2, 0.25) is 0 Å². The Labute approximate surface area is 144 Å². The van der Waals surface area contributed by atoms with Gasteiger partial charge in [0, 0.05) is 11.5 Å². The molecule has 0 fully saturated rings. The quantitative estimate of drug-likeness (QED) is 0.714. The fraction of sp³-hybridized carbons (Fsp3) is 0.235. The predicted octanol–water partition coefficient (Wildman–Crippen LogP) is 1.95. The van der Waals surface area contributed by atoms with Crippen LogP contribution in [0.5, 0.6) is 0 Å². The lowest BCUT2D eigenvalue weighted by molar-refractivity contribution is -0.122.